The van der Waals surface area contributed by atoms with E-state index in [0.29, 0.717) is 0 Å². The van der Waals surface area contributed by atoms with Gasteiger partial charge in [-0.3, -0.25) is 0 Å². The van der Waals surface area contributed by atoms with Crippen molar-refractivity contribution in [3.05, 3.63) is 29.8 Å². The van der Waals surface area contributed by atoms with E-state index < -0.39 is 0 Å². The fraction of sp³-hybridized carbons (Fsp3) is 0.647. The molecule has 1 aliphatic rings. The fourth-order valence-electron chi connectivity index (χ4n) is 2.76. The molecule has 1 aliphatic heterocycles. The Morgan fingerprint density at radius 3 is 2.75 bits per heavy atom. The molecule has 0 aliphatic carbocycles. The second-order valence-corrected chi connectivity index (χ2v) is 6.11. The van der Waals surface area contributed by atoms with E-state index in [2.05, 4.69) is 42.0 Å². The summed E-state index contributed by atoms with van der Waals surface area (Å²) < 4.78 is 5.27. The fourth-order valence-corrected chi connectivity index (χ4v) is 2.76. The zero-order valence-electron chi connectivity index (χ0n) is 13.1. The van der Waals surface area contributed by atoms with E-state index >= 15 is 0 Å². The number of piperidine rings is 1. The van der Waals surface area contributed by atoms with E-state index in [1.165, 1.54) is 38.0 Å². The Morgan fingerprint density at radius 1 is 1.30 bits per heavy atom. The summed E-state index contributed by atoms with van der Waals surface area (Å²) in [6.45, 7) is 8.22. The van der Waals surface area contributed by atoms with Crippen molar-refractivity contribution < 1.29 is 4.74 Å². The molecule has 3 heteroatoms. The second-order valence-electron chi connectivity index (χ2n) is 6.11. The number of nitrogens with zero attached hydrogens (tertiary/aromatic N) is 2. The Kier molecular flexibility index (Phi) is 5.86. The van der Waals surface area contributed by atoms with Crippen molar-refractivity contribution in [2.45, 2.75) is 26.3 Å². The van der Waals surface area contributed by atoms with Gasteiger partial charge in [0.2, 0.25) is 0 Å². The van der Waals surface area contributed by atoms with Crippen LogP contribution in [-0.4, -0.2) is 50.1 Å². The van der Waals surface area contributed by atoms with Crippen molar-refractivity contribution in [1.82, 2.24) is 9.80 Å². The van der Waals surface area contributed by atoms with Gasteiger partial charge in [0, 0.05) is 19.6 Å². The first kappa shape index (κ1) is 15.3. The highest BCUT2D eigenvalue weighted by atomic mass is 16.5. The molecular formula is C17H28N2O. The largest absolute Gasteiger partial charge is 0.497 e. The van der Waals surface area contributed by atoms with Crippen LogP contribution in [0, 0.1) is 5.92 Å². The maximum atomic E-state index is 5.27. The molecule has 112 valence electrons. The van der Waals surface area contributed by atoms with Gasteiger partial charge in [0.25, 0.3) is 0 Å². The predicted molar refractivity (Wildman–Crippen MR) is 84.2 cm³/mol. The molecule has 3 nitrogen and oxygen atoms in total. The summed E-state index contributed by atoms with van der Waals surface area (Å²) in [6, 6.07) is 8.35. The molecule has 0 aromatic heterocycles. The number of likely N-dealkylation sites (N-methyl/N-ethyl adjacent to an activating group) is 1. The van der Waals surface area contributed by atoms with Gasteiger partial charge in [-0.05, 0) is 56.6 Å². The third-order valence-corrected chi connectivity index (χ3v) is 4.26. The van der Waals surface area contributed by atoms with E-state index in [4.69, 9.17) is 4.74 Å². The van der Waals surface area contributed by atoms with Gasteiger partial charge in [-0.2, -0.15) is 0 Å². The monoisotopic (exact) mass is 276 g/mol. The summed E-state index contributed by atoms with van der Waals surface area (Å²) in [7, 11) is 3.92. The van der Waals surface area contributed by atoms with Crippen LogP contribution in [0.1, 0.15) is 25.3 Å². The molecule has 2 rings (SSSR count). The van der Waals surface area contributed by atoms with Crippen LogP contribution in [-0.2, 0) is 6.54 Å². The lowest BCUT2D eigenvalue weighted by atomic mass is 9.99. The molecule has 1 aromatic carbocycles. The zero-order chi connectivity index (χ0) is 14.4. The molecule has 1 heterocycles. The van der Waals surface area contributed by atoms with Crippen LogP contribution in [0.15, 0.2) is 24.3 Å². The second kappa shape index (κ2) is 7.65. The number of benzene rings is 1. The molecule has 0 saturated carbocycles. The molecule has 0 N–H and O–H groups in total. The van der Waals surface area contributed by atoms with Crippen LogP contribution in [0.3, 0.4) is 0 Å². The predicted octanol–water partition coefficient (Wildman–Crippen LogP) is 2.86. The third-order valence-electron chi connectivity index (χ3n) is 4.26. The van der Waals surface area contributed by atoms with Gasteiger partial charge in [-0.25, -0.2) is 0 Å². The van der Waals surface area contributed by atoms with Gasteiger partial charge in [0.05, 0.1) is 7.11 Å². The van der Waals surface area contributed by atoms with Gasteiger partial charge in [-0.15, -0.1) is 0 Å². The lowest BCUT2D eigenvalue weighted by Crippen LogP contribution is -2.38. The number of likely N-dealkylation sites (tertiary alicyclic amines) is 1. The zero-order valence-corrected chi connectivity index (χ0v) is 13.1. The Labute approximate surface area is 123 Å². The number of rotatable bonds is 6. The first-order chi connectivity index (χ1) is 9.67. The Balaban J connectivity index is 1.73. The summed E-state index contributed by atoms with van der Waals surface area (Å²) in [6.07, 6.45) is 2.72. The number of hydrogen-bond donors (Lipinski definition) is 0. The van der Waals surface area contributed by atoms with E-state index in [9.17, 15) is 0 Å². The molecule has 20 heavy (non-hydrogen) atoms. The first-order valence-electron chi connectivity index (χ1n) is 7.71. The summed E-state index contributed by atoms with van der Waals surface area (Å²) in [5.74, 6) is 1.86. The summed E-state index contributed by atoms with van der Waals surface area (Å²) in [5, 5.41) is 0. The lowest BCUT2D eigenvalue weighted by Gasteiger charge is -2.31. The molecule has 0 atom stereocenters. The van der Waals surface area contributed by atoms with Crippen LogP contribution in [0.25, 0.3) is 0 Å². The summed E-state index contributed by atoms with van der Waals surface area (Å²) in [5.41, 5.74) is 1.32. The van der Waals surface area contributed by atoms with Crippen LogP contribution in [0.2, 0.25) is 0 Å². The highest BCUT2D eigenvalue weighted by Crippen LogP contribution is 2.16. The molecule has 0 bridgehead atoms. The summed E-state index contributed by atoms with van der Waals surface area (Å²) >= 11 is 0. The molecule has 1 saturated heterocycles. The van der Waals surface area contributed by atoms with Gasteiger partial charge < -0.3 is 14.5 Å². The molecule has 0 unspecified atom stereocenters. The molecule has 1 fully saturated rings. The number of hydrogen-bond acceptors (Lipinski definition) is 3. The van der Waals surface area contributed by atoms with Crippen molar-refractivity contribution in [3.63, 3.8) is 0 Å². The maximum absolute atomic E-state index is 5.27. The molecule has 0 radical (unpaired) electrons. The van der Waals surface area contributed by atoms with Crippen molar-refractivity contribution in [1.29, 1.82) is 0 Å². The van der Waals surface area contributed by atoms with E-state index in [1.54, 1.807) is 7.11 Å². The Hall–Kier alpha value is -1.06. The standard InChI is InChI=1S/C17H28N2O/c1-15-7-9-19(10-8-15)12-11-18(2)14-16-5-4-6-17(13-16)20-3/h4-6,13,15H,7-12,14H2,1-3H3. The van der Waals surface area contributed by atoms with Crippen molar-refractivity contribution in [2.75, 3.05) is 40.3 Å². The van der Waals surface area contributed by atoms with E-state index in [1.807, 2.05) is 6.07 Å². The molecule has 0 amide bonds. The minimum Gasteiger partial charge on any atom is -0.497 e. The average molecular weight is 276 g/mol. The third kappa shape index (κ3) is 4.80. The van der Waals surface area contributed by atoms with Gasteiger partial charge in [0.15, 0.2) is 0 Å². The van der Waals surface area contributed by atoms with Crippen molar-refractivity contribution in [3.8, 4) is 5.75 Å². The van der Waals surface area contributed by atoms with Crippen LogP contribution in [0.5, 0.6) is 5.75 Å². The molecule has 1 aromatic rings. The topological polar surface area (TPSA) is 15.7 Å². The maximum Gasteiger partial charge on any atom is 0.119 e. The molecular weight excluding hydrogens is 248 g/mol. The van der Waals surface area contributed by atoms with Crippen LogP contribution >= 0.6 is 0 Å². The highest BCUT2D eigenvalue weighted by molar-refractivity contribution is 5.28. The van der Waals surface area contributed by atoms with Crippen molar-refractivity contribution >= 4 is 0 Å². The van der Waals surface area contributed by atoms with Crippen molar-refractivity contribution in [2.24, 2.45) is 5.92 Å². The SMILES string of the molecule is COc1cccc(CN(C)CCN2CCC(C)CC2)c1. The van der Waals surface area contributed by atoms with Gasteiger partial charge >= 0.3 is 0 Å². The highest BCUT2D eigenvalue weighted by Gasteiger charge is 2.15. The normalized spacial score (nSPS) is 17.6. The van der Waals surface area contributed by atoms with E-state index in [-0.39, 0.29) is 0 Å². The minimum absolute atomic E-state index is 0.917. The minimum atomic E-state index is 0.917. The van der Waals surface area contributed by atoms with Gasteiger partial charge in [-0.1, -0.05) is 19.1 Å². The number of ether oxygens (including phenoxy) is 1. The van der Waals surface area contributed by atoms with Crippen LogP contribution < -0.4 is 4.74 Å². The smallest absolute Gasteiger partial charge is 0.119 e. The molecule has 0 spiro atoms. The van der Waals surface area contributed by atoms with Gasteiger partial charge in [0.1, 0.15) is 5.75 Å². The van der Waals surface area contributed by atoms with Crippen LogP contribution in [0.4, 0.5) is 0 Å². The number of methoxy groups -OCH3 is 1. The first-order valence-corrected chi connectivity index (χ1v) is 7.71. The Morgan fingerprint density at radius 2 is 2.05 bits per heavy atom. The quantitative estimate of drug-likeness (QED) is 0.794. The lowest BCUT2D eigenvalue weighted by molar-refractivity contribution is 0.169. The summed E-state index contributed by atoms with van der Waals surface area (Å²) in [4.78, 5) is 4.99. The average Bonchev–Trinajstić information content (AvgIpc) is 2.47. The van der Waals surface area contributed by atoms with E-state index in [0.717, 1.165) is 24.8 Å². The Bertz CT molecular complexity index is 400.